The maximum atomic E-state index is 8.63. The number of unbranched alkanes of at least 4 members (excludes halogenated alkanes) is 3. The van der Waals surface area contributed by atoms with Crippen molar-refractivity contribution in [1.82, 2.24) is 10.3 Å². The maximum Gasteiger partial charge on any atom is 0.212 e. The number of aromatic nitrogens is 1. The third-order valence-electron chi connectivity index (χ3n) is 2.60. The Balaban J connectivity index is 2.05. The predicted octanol–water partition coefficient (Wildman–Crippen LogP) is 1.73. The normalized spacial score (nSPS) is 10.5. The lowest BCUT2D eigenvalue weighted by Gasteiger charge is -2.05. The number of rotatable bonds is 9. The number of nitrogens with zero attached hydrogens (tertiary/aromatic N) is 1. The van der Waals surface area contributed by atoms with Crippen molar-refractivity contribution in [1.29, 1.82) is 0 Å². The first-order valence-corrected chi connectivity index (χ1v) is 6.17. The molecule has 4 heteroatoms. The fourth-order valence-corrected chi connectivity index (χ4v) is 1.58. The molecule has 0 radical (unpaired) electrons. The highest BCUT2D eigenvalue weighted by atomic mass is 16.5. The van der Waals surface area contributed by atoms with Crippen molar-refractivity contribution in [2.75, 3.05) is 20.3 Å². The summed E-state index contributed by atoms with van der Waals surface area (Å²) in [7, 11) is 1.62. The Bertz CT molecular complexity index is 288. The molecule has 0 aliphatic heterocycles. The average molecular weight is 238 g/mol. The zero-order valence-electron chi connectivity index (χ0n) is 10.5. The molecule has 0 unspecified atom stereocenters. The van der Waals surface area contributed by atoms with Crippen LogP contribution in [0.2, 0.25) is 0 Å². The van der Waals surface area contributed by atoms with Crippen molar-refractivity contribution < 1.29 is 9.84 Å². The molecule has 96 valence electrons. The van der Waals surface area contributed by atoms with E-state index in [9.17, 15) is 0 Å². The summed E-state index contributed by atoms with van der Waals surface area (Å²) in [6.45, 7) is 2.17. The van der Waals surface area contributed by atoms with Crippen molar-refractivity contribution in [2.45, 2.75) is 32.2 Å². The highest BCUT2D eigenvalue weighted by Gasteiger charge is 1.95. The van der Waals surface area contributed by atoms with Crippen molar-refractivity contribution in [3.8, 4) is 5.88 Å². The van der Waals surface area contributed by atoms with Gasteiger partial charge in [0.15, 0.2) is 0 Å². The summed E-state index contributed by atoms with van der Waals surface area (Å²) in [6.07, 6.45) is 6.19. The molecule has 0 aliphatic carbocycles. The van der Waals surface area contributed by atoms with Crippen LogP contribution in [0.1, 0.15) is 31.2 Å². The summed E-state index contributed by atoms with van der Waals surface area (Å²) >= 11 is 0. The van der Waals surface area contributed by atoms with Gasteiger partial charge in [0, 0.05) is 25.4 Å². The molecule has 1 aromatic rings. The quantitative estimate of drug-likeness (QED) is 0.643. The molecule has 4 nitrogen and oxygen atoms in total. The molecule has 0 amide bonds. The van der Waals surface area contributed by atoms with E-state index in [4.69, 9.17) is 9.84 Å². The van der Waals surface area contributed by atoms with Crippen LogP contribution < -0.4 is 10.1 Å². The van der Waals surface area contributed by atoms with Crippen LogP contribution in [0.4, 0.5) is 0 Å². The van der Waals surface area contributed by atoms with Crippen molar-refractivity contribution in [2.24, 2.45) is 0 Å². The van der Waals surface area contributed by atoms with E-state index in [0.29, 0.717) is 12.5 Å². The molecule has 1 aromatic heterocycles. The summed E-state index contributed by atoms with van der Waals surface area (Å²) in [6, 6.07) is 3.89. The van der Waals surface area contributed by atoms with Gasteiger partial charge >= 0.3 is 0 Å². The van der Waals surface area contributed by atoms with Crippen molar-refractivity contribution in [3.63, 3.8) is 0 Å². The van der Waals surface area contributed by atoms with Crippen molar-refractivity contribution in [3.05, 3.63) is 23.9 Å². The third kappa shape index (κ3) is 6.24. The van der Waals surface area contributed by atoms with E-state index in [2.05, 4.69) is 10.3 Å². The molecule has 2 N–H and O–H groups in total. The van der Waals surface area contributed by atoms with E-state index in [1.165, 1.54) is 12.0 Å². The lowest BCUT2D eigenvalue weighted by atomic mass is 10.2. The number of methoxy groups -OCH3 is 1. The van der Waals surface area contributed by atoms with Gasteiger partial charge in [0.1, 0.15) is 0 Å². The first-order chi connectivity index (χ1) is 8.36. The van der Waals surface area contributed by atoms with Gasteiger partial charge in [0.05, 0.1) is 7.11 Å². The Morgan fingerprint density at radius 1 is 1.24 bits per heavy atom. The summed E-state index contributed by atoms with van der Waals surface area (Å²) in [5.74, 6) is 0.651. The Hall–Kier alpha value is -1.13. The Morgan fingerprint density at radius 2 is 2.06 bits per heavy atom. The molecule has 17 heavy (non-hydrogen) atoms. The minimum atomic E-state index is 0.310. The second-order valence-corrected chi connectivity index (χ2v) is 4.02. The fourth-order valence-electron chi connectivity index (χ4n) is 1.58. The van der Waals surface area contributed by atoms with Crippen LogP contribution >= 0.6 is 0 Å². The molecular weight excluding hydrogens is 216 g/mol. The molecule has 0 atom stereocenters. The van der Waals surface area contributed by atoms with E-state index < -0.39 is 0 Å². The van der Waals surface area contributed by atoms with Gasteiger partial charge < -0.3 is 15.2 Å². The number of aliphatic hydroxyl groups is 1. The molecule has 0 saturated carbocycles. The summed E-state index contributed by atoms with van der Waals surface area (Å²) in [5.41, 5.74) is 1.17. The third-order valence-corrected chi connectivity index (χ3v) is 2.60. The van der Waals surface area contributed by atoms with Crippen LogP contribution in [-0.4, -0.2) is 30.4 Å². The van der Waals surface area contributed by atoms with E-state index in [-0.39, 0.29) is 0 Å². The highest BCUT2D eigenvalue weighted by Crippen LogP contribution is 2.06. The average Bonchev–Trinajstić information content (AvgIpc) is 2.38. The first kappa shape index (κ1) is 13.9. The van der Waals surface area contributed by atoms with Gasteiger partial charge in [-0.3, -0.25) is 0 Å². The zero-order valence-corrected chi connectivity index (χ0v) is 10.5. The molecule has 0 aromatic carbocycles. The molecular formula is C13H22N2O2. The van der Waals surface area contributed by atoms with Crippen molar-refractivity contribution >= 4 is 0 Å². The number of nitrogens with one attached hydrogen (secondary N) is 1. The predicted molar refractivity (Wildman–Crippen MR) is 68.0 cm³/mol. The number of hydrogen-bond donors (Lipinski definition) is 2. The van der Waals surface area contributed by atoms with Gasteiger partial charge in [0.2, 0.25) is 5.88 Å². The van der Waals surface area contributed by atoms with E-state index in [0.717, 1.165) is 32.4 Å². The molecule has 0 bridgehead atoms. The number of hydrogen-bond acceptors (Lipinski definition) is 4. The second kappa shape index (κ2) is 8.96. The Kier molecular flexibility index (Phi) is 7.34. The minimum Gasteiger partial charge on any atom is -0.481 e. The molecule has 0 aliphatic rings. The molecule has 0 fully saturated rings. The number of ether oxygens (including phenoxy) is 1. The van der Waals surface area contributed by atoms with Gasteiger partial charge in [-0.2, -0.15) is 0 Å². The summed E-state index contributed by atoms with van der Waals surface area (Å²) < 4.78 is 5.00. The summed E-state index contributed by atoms with van der Waals surface area (Å²) in [4.78, 5) is 4.15. The number of pyridine rings is 1. The first-order valence-electron chi connectivity index (χ1n) is 6.17. The lowest BCUT2D eigenvalue weighted by Crippen LogP contribution is -2.14. The van der Waals surface area contributed by atoms with Gasteiger partial charge in [-0.25, -0.2) is 4.98 Å². The van der Waals surface area contributed by atoms with Crippen LogP contribution in [0.3, 0.4) is 0 Å². The van der Waals surface area contributed by atoms with Gasteiger partial charge in [-0.05, 0) is 24.9 Å². The molecule has 1 heterocycles. The maximum absolute atomic E-state index is 8.63. The van der Waals surface area contributed by atoms with Crippen LogP contribution in [0, 0.1) is 0 Å². The molecule has 0 saturated heterocycles. The Morgan fingerprint density at radius 3 is 2.71 bits per heavy atom. The summed E-state index contributed by atoms with van der Waals surface area (Å²) in [5, 5.41) is 12.0. The largest absolute Gasteiger partial charge is 0.481 e. The highest BCUT2D eigenvalue weighted by molar-refractivity contribution is 5.17. The van der Waals surface area contributed by atoms with Crippen LogP contribution in [0.25, 0.3) is 0 Å². The van der Waals surface area contributed by atoms with Gasteiger partial charge in [0.25, 0.3) is 0 Å². The van der Waals surface area contributed by atoms with Gasteiger partial charge in [-0.15, -0.1) is 0 Å². The molecule has 0 spiro atoms. The monoisotopic (exact) mass is 238 g/mol. The Labute approximate surface area is 103 Å². The smallest absolute Gasteiger partial charge is 0.212 e. The van der Waals surface area contributed by atoms with Crippen LogP contribution in [-0.2, 0) is 6.54 Å². The SMILES string of the molecule is COc1ccc(CNCCCCCCO)cn1. The van der Waals surface area contributed by atoms with E-state index >= 15 is 0 Å². The standard InChI is InChI=1S/C13H22N2O2/c1-17-13-7-6-12(11-15-13)10-14-8-4-2-3-5-9-16/h6-7,11,14,16H,2-5,8-10H2,1H3. The van der Waals surface area contributed by atoms with Crippen LogP contribution in [0.5, 0.6) is 5.88 Å². The zero-order chi connectivity index (χ0) is 12.3. The topological polar surface area (TPSA) is 54.4 Å². The second-order valence-electron chi connectivity index (χ2n) is 4.02. The van der Waals surface area contributed by atoms with E-state index in [1.807, 2.05) is 18.3 Å². The van der Waals surface area contributed by atoms with E-state index in [1.54, 1.807) is 7.11 Å². The van der Waals surface area contributed by atoms with Crippen LogP contribution in [0.15, 0.2) is 18.3 Å². The fraction of sp³-hybridized carbons (Fsp3) is 0.615. The minimum absolute atomic E-state index is 0.310. The molecule has 1 rings (SSSR count). The lowest BCUT2D eigenvalue weighted by molar-refractivity contribution is 0.282. The number of aliphatic hydroxyl groups excluding tert-OH is 1. The van der Waals surface area contributed by atoms with Gasteiger partial charge in [-0.1, -0.05) is 18.9 Å².